The van der Waals surface area contributed by atoms with Crippen LogP contribution in [0.1, 0.15) is 26.7 Å². The highest BCUT2D eigenvalue weighted by Gasteiger charge is 2.32. The van der Waals surface area contributed by atoms with Crippen LogP contribution >= 0.6 is 0 Å². The second-order valence-corrected chi connectivity index (χ2v) is 3.82. The van der Waals surface area contributed by atoms with Crippen LogP contribution in [-0.4, -0.2) is 22.2 Å². The highest BCUT2D eigenvalue weighted by Crippen LogP contribution is 2.34. The SMILES string of the molecule is CC1CCC(C)C(C(=O)O)=C1C(=O)O. The van der Waals surface area contributed by atoms with Crippen molar-refractivity contribution in [3.8, 4) is 0 Å². The van der Waals surface area contributed by atoms with E-state index in [-0.39, 0.29) is 23.0 Å². The third kappa shape index (κ3) is 1.78. The van der Waals surface area contributed by atoms with Gasteiger partial charge in [-0.1, -0.05) is 13.8 Å². The second kappa shape index (κ2) is 3.82. The number of aliphatic carboxylic acids is 2. The van der Waals surface area contributed by atoms with Crippen molar-refractivity contribution in [2.75, 3.05) is 0 Å². The smallest absolute Gasteiger partial charge is 0.332 e. The lowest BCUT2D eigenvalue weighted by atomic mass is 9.78. The zero-order valence-corrected chi connectivity index (χ0v) is 8.28. The van der Waals surface area contributed by atoms with Gasteiger partial charge < -0.3 is 10.2 Å². The third-order valence-corrected chi connectivity index (χ3v) is 2.77. The highest BCUT2D eigenvalue weighted by atomic mass is 16.4. The molecule has 4 nitrogen and oxygen atoms in total. The average molecular weight is 198 g/mol. The summed E-state index contributed by atoms with van der Waals surface area (Å²) in [6.45, 7) is 3.52. The molecule has 0 aromatic heterocycles. The van der Waals surface area contributed by atoms with E-state index in [2.05, 4.69) is 0 Å². The van der Waals surface area contributed by atoms with Gasteiger partial charge in [-0.15, -0.1) is 0 Å². The molecule has 2 N–H and O–H groups in total. The number of carboxylic acid groups (broad SMARTS) is 2. The van der Waals surface area contributed by atoms with E-state index in [1.54, 1.807) is 13.8 Å². The molecule has 0 aromatic rings. The monoisotopic (exact) mass is 198 g/mol. The summed E-state index contributed by atoms with van der Waals surface area (Å²) in [5, 5.41) is 17.8. The van der Waals surface area contributed by atoms with Crippen LogP contribution in [0.15, 0.2) is 11.1 Å². The summed E-state index contributed by atoms with van der Waals surface area (Å²) in [7, 11) is 0. The summed E-state index contributed by atoms with van der Waals surface area (Å²) >= 11 is 0. The van der Waals surface area contributed by atoms with Crippen molar-refractivity contribution >= 4 is 11.9 Å². The fourth-order valence-electron chi connectivity index (χ4n) is 1.97. The van der Waals surface area contributed by atoms with E-state index < -0.39 is 11.9 Å². The molecule has 0 aromatic carbocycles. The van der Waals surface area contributed by atoms with Gasteiger partial charge in [-0.3, -0.25) is 0 Å². The van der Waals surface area contributed by atoms with Gasteiger partial charge in [-0.2, -0.15) is 0 Å². The van der Waals surface area contributed by atoms with Crippen LogP contribution in [-0.2, 0) is 9.59 Å². The summed E-state index contributed by atoms with van der Waals surface area (Å²) in [5.41, 5.74) is 0.160. The van der Waals surface area contributed by atoms with Crippen LogP contribution in [0, 0.1) is 11.8 Å². The molecule has 0 spiro atoms. The fourth-order valence-corrected chi connectivity index (χ4v) is 1.97. The predicted molar refractivity (Wildman–Crippen MR) is 49.9 cm³/mol. The quantitative estimate of drug-likeness (QED) is 0.705. The first kappa shape index (κ1) is 10.8. The summed E-state index contributed by atoms with van der Waals surface area (Å²) < 4.78 is 0. The Morgan fingerprint density at radius 3 is 1.50 bits per heavy atom. The van der Waals surface area contributed by atoms with E-state index in [9.17, 15) is 9.59 Å². The Kier molecular flexibility index (Phi) is 2.93. The first-order valence-corrected chi connectivity index (χ1v) is 4.65. The van der Waals surface area contributed by atoms with Gasteiger partial charge >= 0.3 is 11.9 Å². The van der Waals surface area contributed by atoms with Crippen molar-refractivity contribution in [3.05, 3.63) is 11.1 Å². The van der Waals surface area contributed by atoms with Crippen molar-refractivity contribution in [1.82, 2.24) is 0 Å². The highest BCUT2D eigenvalue weighted by molar-refractivity contribution is 5.99. The lowest BCUT2D eigenvalue weighted by molar-refractivity contribution is -0.137. The van der Waals surface area contributed by atoms with Gasteiger partial charge in [0.2, 0.25) is 0 Å². The van der Waals surface area contributed by atoms with E-state index in [1.165, 1.54) is 0 Å². The first-order chi connectivity index (χ1) is 6.45. The molecular weight excluding hydrogens is 184 g/mol. The van der Waals surface area contributed by atoms with Crippen LogP contribution in [0.4, 0.5) is 0 Å². The van der Waals surface area contributed by atoms with E-state index in [0.29, 0.717) is 0 Å². The Morgan fingerprint density at radius 1 is 1.00 bits per heavy atom. The minimum atomic E-state index is -1.10. The molecule has 2 atom stereocenters. The molecule has 1 aliphatic rings. The standard InChI is InChI=1S/C10H14O4/c1-5-3-4-6(2)8(10(13)14)7(5)9(11)12/h5-6H,3-4H2,1-2H3,(H,11,12)(H,13,14). The lowest BCUT2D eigenvalue weighted by Gasteiger charge is -2.26. The normalized spacial score (nSPS) is 27.6. The fraction of sp³-hybridized carbons (Fsp3) is 0.600. The third-order valence-electron chi connectivity index (χ3n) is 2.77. The summed E-state index contributed by atoms with van der Waals surface area (Å²) in [4.78, 5) is 21.8. The summed E-state index contributed by atoms with van der Waals surface area (Å²) in [6, 6.07) is 0. The molecule has 0 saturated heterocycles. The molecule has 0 fully saturated rings. The lowest BCUT2D eigenvalue weighted by Crippen LogP contribution is -2.25. The van der Waals surface area contributed by atoms with Crippen molar-refractivity contribution in [3.63, 3.8) is 0 Å². The Balaban J connectivity index is 3.24. The number of rotatable bonds is 2. The number of hydrogen-bond acceptors (Lipinski definition) is 2. The molecule has 0 heterocycles. The topological polar surface area (TPSA) is 74.6 Å². The molecule has 14 heavy (non-hydrogen) atoms. The molecule has 0 saturated carbocycles. The van der Waals surface area contributed by atoms with Crippen molar-refractivity contribution < 1.29 is 19.8 Å². The molecule has 0 amide bonds. The Morgan fingerprint density at radius 2 is 1.29 bits per heavy atom. The van der Waals surface area contributed by atoms with Crippen LogP contribution in [0.25, 0.3) is 0 Å². The Bertz CT molecular complexity index is 273. The Hall–Kier alpha value is -1.32. The van der Waals surface area contributed by atoms with E-state index in [0.717, 1.165) is 12.8 Å². The molecule has 1 rings (SSSR count). The molecule has 0 aliphatic heterocycles. The molecular formula is C10H14O4. The van der Waals surface area contributed by atoms with Crippen molar-refractivity contribution in [2.45, 2.75) is 26.7 Å². The molecule has 1 aliphatic carbocycles. The van der Waals surface area contributed by atoms with Gasteiger partial charge in [-0.25, -0.2) is 9.59 Å². The maximum atomic E-state index is 10.9. The van der Waals surface area contributed by atoms with Gasteiger partial charge in [0.25, 0.3) is 0 Å². The number of carboxylic acids is 2. The molecule has 4 heteroatoms. The largest absolute Gasteiger partial charge is 0.478 e. The van der Waals surface area contributed by atoms with Gasteiger partial charge in [0, 0.05) is 0 Å². The van der Waals surface area contributed by atoms with Crippen LogP contribution < -0.4 is 0 Å². The predicted octanol–water partition coefficient (Wildman–Crippen LogP) is 1.52. The summed E-state index contributed by atoms with van der Waals surface area (Å²) in [6.07, 6.45) is 1.50. The van der Waals surface area contributed by atoms with Gasteiger partial charge in [0.05, 0.1) is 11.1 Å². The van der Waals surface area contributed by atoms with Gasteiger partial charge in [0.1, 0.15) is 0 Å². The average Bonchev–Trinajstić information content (AvgIpc) is 2.07. The number of hydrogen-bond donors (Lipinski definition) is 2. The van der Waals surface area contributed by atoms with E-state index in [4.69, 9.17) is 10.2 Å². The zero-order valence-electron chi connectivity index (χ0n) is 8.28. The summed E-state index contributed by atoms with van der Waals surface area (Å²) in [5.74, 6) is -2.51. The molecule has 78 valence electrons. The van der Waals surface area contributed by atoms with Crippen LogP contribution in [0.5, 0.6) is 0 Å². The molecule has 0 radical (unpaired) electrons. The Labute approximate surface area is 82.2 Å². The maximum absolute atomic E-state index is 10.9. The maximum Gasteiger partial charge on any atom is 0.332 e. The van der Waals surface area contributed by atoms with Gasteiger partial charge in [0.15, 0.2) is 0 Å². The minimum absolute atomic E-state index is 0.0799. The minimum Gasteiger partial charge on any atom is -0.478 e. The van der Waals surface area contributed by atoms with E-state index >= 15 is 0 Å². The van der Waals surface area contributed by atoms with Crippen molar-refractivity contribution in [2.24, 2.45) is 11.8 Å². The molecule has 0 bridgehead atoms. The number of carbonyl (C=O) groups is 2. The van der Waals surface area contributed by atoms with Crippen molar-refractivity contribution in [1.29, 1.82) is 0 Å². The second-order valence-electron chi connectivity index (χ2n) is 3.82. The van der Waals surface area contributed by atoms with Gasteiger partial charge in [-0.05, 0) is 24.7 Å². The van der Waals surface area contributed by atoms with Crippen LogP contribution in [0.3, 0.4) is 0 Å². The van der Waals surface area contributed by atoms with E-state index in [1.807, 2.05) is 0 Å². The van der Waals surface area contributed by atoms with Crippen LogP contribution in [0.2, 0.25) is 0 Å². The molecule has 2 unspecified atom stereocenters. The zero-order chi connectivity index (χ0) is 10.9. The first-order valence-electron chi connectivity index (χ1n) is 4.65.